The first kappa shape index (κ1) is 38.0. The quantitative estimate of drug-likeness (QED) is 0.128. The van der Waals surface area contributed by atoms with Gasteiger partial charge in [-0.2, -0.15) is 9.03 Å². The van der Waals surface area contributed by atoms with Crippen molar-refractivity contribution >= 4 is 53.5 Å². The zero-order valence-electron chi connectivity index (χ0n) is 29.4. The number of aryl methyl sites for hydroxylation is 3. The van der Waals surface area contributed by atoms with Crippen LogP contribution < -0.4 is 15.8 Å². The molecule has 5 aromatic rings. The summed E-state index contributed by atoms with van der Waals surface area (Å²) in [6.45, 7) is 3.86. The van der Waals surface area contributed by atoms with Crippen molar-refractivity contribution in [1.29, 1.82) is 0 Å². The number of benzene rings is 4. The molecule has 1 aromatic heterocycles. The van der Waals surface area contributed by atoms with E-state index in [0.29, 0.717) is 16.8 Å². The Morgan fingerprint density at radius 3 is 2.19 bits per heavy atom. The number of ether oxygens (including phenoxy) is 1. The van der Waals surface area contributed by atoms with Crippen molar-refractivity contribution in [3.63, 3.8) is 0 Å². The van der Waals surface area contributed by atoms with E-state index in [1.54, 1.807) is 68.6 Å². The summed E-state index contributed by atoms with van der Waals surface area (Å²) in [7, 11) is -8.37. The van der Waals surface area contributed by atoms with Gasteiger partial charge in [0.05, 0.1) is 27.6 Å². The van der Waals surface area contributed by atoms with Gasteiger partial charge in [0.25, 0.3) is 0 Å². The SMILES string of the molecule is Cc1cc(C)c(S(=O)(=O)NC(CNC(=O)COC2CC(C(N)c3ccccn3)N(S(=O)(=O)c3ccc4cc5ccccc5cc4c3)C2)C(=O)O)c(C)c1. The van der Waals surface area contributed by atoms with E-state index in [2.05, 4.69) is 15.0 Å². The number of pyridine rings is 1. The molecule has 15 heteroatoms. The lowest BCUT2D eigenvalue weighted by molar-refractivity contribution is -0.139. The van der Waals surface area contributed by atoms with E-state index >= 15 is 0 Å². The Bertz CT molecular complexity index is 2390. The fourth-order valence-electron chi connectivity index (χ4n) is 6.98. The number of hydrogen-bond acceptors (Lipinski definition) is 9. The van der Waals surface area contributed by atoms with Crippen molar-refractivity contribution in [2.24, 2.45) is 5.73 Å². The van der Waals surface area contributed by atoms with Crippen LogP contribution in [0.2, 0.25) is 0 Å². The smallest absolute Gasteiger partial charge is 0.323 e. The first-order valence-corrected chi connectivity index (χ1v) is 19.9. The van der Waals surface area contributed by atoms with Crippen molar-refractivity contribution in [1.82, 2.24) is 19.3 Å². The Labute approximate surface area is 308 Å². The molecule has 0 saturated carbocycles. The topological polar surface area (TPSA) is 198 Å². The number of nitrogens with one attached hydrogen (secondary N) is 2. The van der Waals surface area contributed by atoms with E-state index in [9.17, 15) is 31.5 Å². The molecule has 1 amide bonds. The van der Waals surface area contributed by atoms with Crippen LogP contribution in [0.4, 0.5) is 0 Å². The van der Waals surface area contributed by atoms with Gasteiger partial charge in [0.2, 0.25) is 26.0 Å². The maximum atomic E-state index is 14.3. The van der Waals surface area contributed by atoms with Gasteiger partial charge in [0, 0.05) is 25.3 Å². The molecule has 1 aliphatic rings. The van der Waals surface area contributed by atoms with Gasteiger partial charge in [-0.3, -0.25) is 14.6 Å². The van der Waals surface area contributed by atoms with Crippen LogP contribution in [0.15, 0.2) is 101 Å². The standard InChI is InChI=1S/C38H41N5O8S2/c1-23-14-24(2)37(25(3)15-23)52(47,48)42-33(38(45)46)20-41-35(44)22-51-30-19-34(36(39)32-10-6-7-13-40-32)43(21-30)53(49,50)31-12-11-28-16-26-8-4-5-9-27(26)17-29(28)18-31/h4-18,30,33-34,36,42H,19-22,39H2,1-3H3,(H,41,44)(H,45,46). The minimum atomic E-state index is -4.25. The fraction of sp³-hybridized carbons (Fsp3) is 0.289. The van der Waals surface area contributed by atoms with Crippen molar-refractivity contribution in [2.75, 3.05) is 19.7 Å². The molecule has 4 unspecified atom stereocenters. The van der Waals surface area contributed by atoms with E-state index in [0.717, 1.165) is 27.1 Å². The minimum absolute atomic E-state index is 0.0274. The number of aliphatic carboxylic acids is 1. The second-order valence-electron chi connectivity index (χ2n) is 13.3. The molecule has 0 radical (unpaired) electrons. The van der Waals surface area contributed by atoms with Gasteiger partial charge in [-0.05, 0) is 96.3 Å². The summed E-state index contributed by atoms with van der Waals surface area (Å²) in [6.07, 6.45) is 0.971. The maximum absolute atomic E-state index is 14.3. The molecule has 2 heterocycles. The van der Waals surface area contributed by atoms with E-state index < -0.39 is 69.3 Å². The van der Waals surface area contributed by atoms with Gasteiger partial charge in [0.1, 0.15) is 12.6 Å². The predicted octanol–water partition coefficient (Wildman–Crippen LogP) is 3.71. The molecule has 53 heavy (non-hydrogen) atoms. The lowest BCUT2D eigenvalue weighted by Gasteiger charge is -2.28. The average Bonchev–Trinajstić information content (AvgIpc) is 3.56. The number of nitrogens with two attached hydrogens (primary N) is 1. The van der Waals surface area contributed by atoms with Gasteiger partial charge in [-0.1, -0.05) is 54.1 Å². The van der Waals surface area contributed by atoms with Crippen LogP contribution in [0.5, 0.6) is 0 Å². The van der Waals surface area contributed by atoms with Crippen LogP contribution in [0, 0.1) is 20.8 Å². The van der Waals surface area contributed by atoms with Crippen LogP contribution in [0.3, 0.4) is 0 Å². The Morgan fingerprint density at radius 2 is 1.55 bits per heavy atom. The van der Waals surface area contributed by atoms with Crippen molar-refractivity contribution in [3.05, 3.63) is 114 Å². The summed E-state index contributed by atoms with van der Waals surface area (Å²) in [5.41, 5.74) is 8.91. The second kappa shape index (κ2) is 15.3. The summed E-state index contributed by atoms with van der Waals surface area (Å²) < 4.78 is 64.3. The van der Waals surface area contributed by atoms with E-state index in [-0.39, 0.29) is 22.8 Å². The molecule has 13 nitrogen and oxygen atoms in total. The fourth-order valence-corrected chi connectivity index (χ4v) is 10.3. The molecular formula is C38H41N5O8S2. The number of sulfonamides is 2. The minimum Gasteiger partial charge on any atom is -0.480 e. The highest BCUT2D eigenvalue weighted by Gasteiger charge is 2.44. The molecule has 278 valence electrons. The average molecular weight is 760 g/mol. The molecule has 4 atom stereocenters. The summed E-state index contributed by atoms with van der Waals surface area (Å²) in [4.78, 5) is 29.3. The maximum Gasteiger partial charge on any atom is 0.323 e. The Morgan fingerprint density at radius 1 is 0.906 bits per heavy atom. The van der Waals surface area contributed by atoms with Crippen LogP contribution >= 0.6 is 0 Å². The third-order valence-corrected chi connectivity index (χ3v) is 13.1. The summed E-state index contributed by atoms with van der Waals surface area (Å²) in [5.74, 6) is -2.20. The van der Waals surface area contributed by atoms with Gasteiger partial charge in [-0.25, -0.2) is 16.8 Å². The first-order valence-electron chi connectivity index (χ1n) is 17.0. The first-order chi connectivity index (χ1) is 25.1. The number of carbonyl (C=O) groups excluding carboxylic acids is 1. The molecule has 1 fully saturated rings. The Balaban J connectivity index is 1.16. The van der Waals surface area contributed by atoms with Gasteiger partial charge >= 0.3 is 5.97 Å². The number of rotatable bonds is 13. The lowest BCUT2D eigenvalue weighted by atomic mass is 10.0. The Hall–Kier alpha value is -4.77. The number of nitrogens with zero attached hydrogens (tertiary/aromatic N) is 2. The monoisotopic (exact) mass is 759 g/mol. The molecular weight excluding hydrogens is 719 g/mol. The van der Waals surface area contributed by atoms with Gasteiger partial charge in [0.15, 0.2) is 0 Å². The normalized spacial score (nSPS) is 17.9. The largest absolute Gasteiger partial charge is 0.480 e. The second-order valence-corrected chi connectivity index (χ2v) is 16.9. The molecule has 5 N–H and O–H groups in total. The number of hydrogen-bond donors (Lipinski definition) is 4. The Kier molecular flexibility index (Phi) is 11.0. The van der Waals surface area contributed by atoms with Crippen molar-refractivity contribution < 1.29 is 36.3 Å². The molecule has 1 aliphatic heterocycles. The highest BCUT2D eigenvalue weighted by Crippen LogP contribution is 2.35. The number of fused-ring (bicyclic) bond motifs is 2. The van der Waals surface area contributed by atoms with Crippen LogP contribution in [0.1, 0.15) is 34.8 Å². The molecule has 4 aromatic carbocycles. The number of aromatic nitrogens is 1. The number of carbonyl (C=O) groups is 2. The predicted molar refractivity (Wildman–Crippen MR) is 200 cm³/mol. The van der Waals surface area contributed by atoms with Gasteiger partial charge < -0.3 is 20.9 Å². The molecule has 0 aliphatic carbocycles. The van der Waals surface area contributed by atoms with Crippen LogP contribution in [-0.2, 0) is 34.4 Å². The number of amides is 1. The third kappa shape index (κ3) is 8.25. The zero-order valence-corrected chi connectivity index (χ0v) is 31.0. The van der Waals surface area contributed by atoms with E-state index in [4.69, 9.17) is 10.5 Å². The van der Waals surface area contributed by atoms with Crippen molar-refractivity contribution in [2.45, 2.75) is 61.2 Å². The molecule has 1 saturated heterocycles. The summed E-state index contributed by atoms with van der Waals surface area (Å²) >= 11 is 0. The lowest BCUT2D eigenvalue weighted by Crippen LogP contribution is -2.49. The zero-order chi connectivity index (χ0) is 38.1. The highest BCUT2D eigenvalue weighted by atomic mass is 32.2. The van der Waals surface area contributed by atoms with E-state index in [1.807, 2.05) is 43.3 Å². The summed E-state index contributed by atoms with van der Waals surface area (Å²) in [5, 5.41) is 15.8. The summed E-state index contributed by atoms with van der Waals surface area (Å²) in [6, 6.07) is 22.0. The molecule has 0 spiro atoms. The van der Waals surface area contributed by atoms with Gasteiger partial charge in [-0.15, -0.1) is 0 Å². The molecule has 6 rings (SSSR count). The van der Waals surface area contributed by atoms with Crippen LogP contribution in [0.25, 0.3) is 21.5 Å². The number of carboxylic acid groups (broad SMARTS) is 1. The third-order valence-electron chi connectivity index (χ3n) is 9.41. The number of carboxylic acids is 1. The molecule has 0 bridgehead atoms. The van der Waals surface area contributed by atoms with E-state index in [1.165, 1.54) is 4.31 Å². The highest BCUT2D eigenvalue weighted by molar-refractivity contribution is 7.89. The van der Waals surface area contributed by atoms with Crippen molar-refractivity contribution in [3.8, 4) is 0 Å². The van der Waals surface area contributed by atoms with Crippen LogP contribution in [-0.4, -0.2) is 81.0 Å².